The van der Waals surface area contributed by atoms with E-state index in [0.29, 0.717) is 34.9 Å². The summed E-state index contributed by atoms with van der Waals surface area (Å²) in [5.74, 6) is -0.209. The van der Waals surface area contributed by atoms with Gasteiger partial charge in [-0.05, 0) is 55.7 Å². The van der Waals surface area contributed by atoms with Crippen molar-refractivity contribution in [3.8, 4) is 0 Å². The van der Waals surface area contributed by atoms with E-state index in [-0.39, 0.29) is 12.5 Å². The summed E-state index contributed by atoms with van der Waals surface area (Å²) >= 11 is 3.37. The highest BCUT2D eigenvalue weighted by molar-refractivity contribution is 9.10. The number of benzene rings is 2. The van der Waals surface area contributed by atoms with Crippen molar-refractivity contribution in [2.75, 3.05) is 30.3 Å². The van der Waals surface area contributed by atoms with Gasteiger partial charge in [0.15, 0.2) is 0 Å². The number of hydrogen-bond acceptors (Lipinski definition) is 4. The average Bonchev–Trinajstić information content (AvgIpc) is 2.68. The van der Waals surface area contributed by atoms with Crippen molar-refractivity contribution in [2.24, 2.45) is 0 Å². The zero-order valence-electron chi connectivity index (χ0n) is 15.7. The van der Waals surface area contributed by atoms with Crippen molar-refractivity contribution in [3.63, 3.8) is 0 Å². The zero-order valence-corrected chi connectivity index (χ0v) is 18.1. The molecule has 8 heteroatoms. The molecular weight excluding hydrogens is 442 g/mol. The van der Waals surface area contributed by atoms with E-state index >= 15 is 0 Å². The molecule has 28 heavy (non-hydrogen) atoms. The lowest BCUT2D eigenvalue weighted by atomic mass is 10.2. The van der Waals surface area contributed by atoms with E-state index in [1.807, 2.05) is 18.2 Å². The molecule has 2 N–H and O–H groups in total. The summed E-state index contributed by atoms with van der Waals surface area (Å²) in [6.45, 7) is 2.96. The molecule has 1 fully saturated rings. The Morgan fingerprint density at radius 3 is 2.54 bits per heavy atom. The molecule has 1 aliphatic heterocycles. The van der Waals surface area contributed by atoms with Gasteiger partial charge in [-0.3, -0.25) is 4.79 Å². The highest BCUT2D eigenvalue weighted by Crippen LogP contribution is 2.26. The van der Waals surface area contributed by atoms with Crippen LogP contribution < -0.4 is 10.6 Å². The second kappa shape index (κ2) is 9.07. The van der Waals surface area contributed by atoms with E-state index in [0.717, 1.165) is 23.7 Å². The van der Waals surface area contributed by atoms with Gasteiger partial charge in [-0.15, -0.1) is 0 Å². The predicted molar refractivity (Wildman–Crippen MR) is 115 cm³/mol. The summed E-state index contributed by atoms with van der Waals surface area (Å²) in [5, 5.41) is 5.82. The number of carbonyl (C=O) groups excluding carboxylic acids is 1. The molecule has 1 amide bonds. The van der Waals surface area contributed by atoms with Crippen molar-refractivity contribution >= 4 is 43.2 Å². The fourth-order valence-corrected chi connectivity index (χ4v) is 5.35. The molecule has 0 unspecified atom stereocenters. The smallest absolute Gasteiger partial charge is 0.243 e. The third kappa shape index (κ3) is 5.12. The van der Waals surface area contributed by atoms with Crippen LogP contribution in [-0.2, 0) is 14.8 Å². The largest absolute Gasteiger partial charge is 0.376 e. The zero-order chi connectivity index (χ0) is 20.1. The lowest BCUT2D eigenvalue weighted by molar-refractivity contribution is -0.114. The van der Waals surface area contributed by atoms with Gasteiger partial charge in [0.1, 0.15) is 0 Å². The van der Waals surface area contributed by atoms with Gasteiger partial charge >= 0.3 is 0 Å². The number of halogens is 1. The number of hydrogen-bond donors (Lipinski definition) is 2. The lowest BCUT2D eigenvalue weighted by Gasteiger charge is -2.26. The van der Waals surface area contributed by atoms with Gasteiger partial charge in [0.25, 0.3) is 0 Å². The minimum absolute atomic E-state index is 0.0405. The maximum Gasteiger partial charge on any atom is 0.243 e. The van der Waals surface area contributed by atoms with Gasteiger partial charge in [0.05, 0.1) is 11.4 Å². The summed E-state index contributed by atoms with van der Waals surface area (Å²) in [6.07, 6.45) is 2.86. The van der Waals surface area contributed by atoms with Crippen LogP contribution >= 0.6 is 15.9 Å². The summed E-state index contributed by atoms with van der Waals surface area (Å²) in [4.78, 5) is 12.5. The Labute approximate surface area is 174 Å². The molecule has 0 spiro atoms. The molecule has 6 nitrogen and oxygen atoms in total. The SMILES string of the molecule is Cc1ccc(NCC(=O)Nc2cccc(Br)c2)cc1S(=O)(=O)N1CCCCC1. The van der Waals surface area contributed by atoms with Crippen LogP contribution in [-0.4, -0.2) is 38.3 Å². The van der Waals surface area contributed by atoms with Gasteiger partial charge in [0.2, 0.25) is 15.9 Å². The van der Waals surface area contributed by atoms with Crippen LogP contribution in [0.15, 0.2) is 51.8 Å². The number of sulfonamides is 1. The number of anilines is 2. The first-order valence-corrected chi connectivity index (χ1v) is 11.5. The molecule has 0 aliphatic carbocycles. The van der Waals surface area contributed by atoms with Gasteiger partial charge in [-0.25, -0.2) is 8.42 Å². The number of rotatable bonds is 6. The maximum absolute atomic E-state index is 13.0. The third-order valence-electron chi connectivity index (χ3n) is 4.68. The second-order valence-electron chi connectivity index (χ2n) is 6.86. The monoisotopic (exact) mass is 465 g/mol. The van der Waals surface area contributed by atoms with Gasteiger partial charge in [-0.1, -0.05) is 34.5 Å². The molecule has 2 aromatic carbocycles. The molecule has 1 saturated heterocycles. The Morgan fingerprint density at radius 2 is 1.82 bits per heavy atom. The Balaban J connectivity index is 1.68. The molecule has 1 aliphatic rings. The Hall–Kier alpha value is -1.90. The van der Waals surface area contributed by atoms with E-state index in [1.165, 1.54) is 0 Å². The summed E-state index contributed by atoms with van der Waals surface area (Å²) in [7, 11) is -3.52. The maximum atomic E-state index is 13.0. The Morgan fingerprint density at radius 1 is 1.07 bits per heavy atom. The van der Waals surface area contributed by atoms with Gasteiger partial charge < -0.3 is 10.6 Å². The molecule has 2 aromatic rings. The van der Waals surface area contributed by atoms with Crippen molar-refractivity contribution in [1.29, 1.82) is 0 Å². The number of aryl methyl sites for hydroxylation is 1. The molecule has 3 rings (SSSR count). The summed E-state index contributed by atoms with van der Waals surface area (Å²) < 4.78 is 28.4. The topological polar surface area (TPSA) is 78.5 Å². The van der Waals surface area contributed by atoms with Crippen LogP contribution in [0.1, 0.15) is 24.8 Å². The van der Waals surface area contributed by atoms with Crippen LogP contribution in [0.25, 0.3) is 0 Å². The first-order chi connectivity index (χ1) is 13.4. The molecule has 1 heterocycles. The number of piperidine rings is 1. The van der Waals surface area contributed by atoms with Gasteiger partial charge in [-0.2, -0.15) is 4.31 Å². The highest BCUT2D eigenvalue weighted by atomic mass is 79.9. The van der Waals surface area contributed by atoms with Crippen LogP contribution in [0.5, 0.6) is 0 Å². The minimum atomic E-state index is -3.52. The van der Waals surface area contributed by atoms with Crippen LogP contribution in [0.2, 0.25) is 0 Å². The summed E-state index contributed by atoms with van der Waals surface area (Å²) in [5.41, 5.74) is 2.00. The van der Waals surface area contributed by atoms with E-state index in [9.17, 15) is 13.2 Å². The van der Waals surface area contributed by atoms with Crippen molar-refractivity contribution in [2.45, 2.75) is 31.1 Å². The van der Waals surface area contributed by atoms with E-state index in [1.54, 1.807) is 35.5 Å². The van der Waals surface area contributed by atoms with Crippen molar-refractivity contribution in [1.82, 2.24) is 4.31 Å². The van der Waals surface area contributed by atoms with Crippen LogP contribution in [0, 0.1) is 6.92 Å². The molecule has 0 aromatic heterocycles. The number of carbonyl (C=O) groups is 1. The molecule has 150 valence electrons. The van der Waals surface area contributed by atoms with Crippen molar-refractivity contribution in [3.05, 3.63) is 52.5 Å². The molecule has 0 saturated carbocycles. The number of nitrogens with zero attached hydrogens (tertiary/aromatic N) is 1. The van der Waals surface area contributed by atoms with Crippen molar-refractivity contribution < 1.29 is 13.2 Å². The number of amides is 1. The van der Waals surface area contributed by atoms with Crippen LogP contribution in [0.3, 0.4) is 0 Å². The minimum Gasteiger partial charge on any atom is -0.376 e. The predicted octanol–water partition coefficient (Wildman–Crippen LogP) is 3.98. The lowest BCUT2D eigenvalue weighted by Crippen LogP contribution is -2.36. The second-order valence-corrected chi connectivity index (χ2v) is 9.68. The first-order valence-electron chi connectivity index (χ1n) is 9.26. The van der Waals surface area contributed by atoms with Crippen LogP contribution in [0.4, 0.5) is 11.4 Å². The van der Waals surface area contributed by atoms with E-state index < -0.39 is 10.0 Å². The summed E-state index contributed by atoms with van der Waals surface area (Å²) in [6, 6.07) is 12.5. The molecule has 0 radical (unpaired) electrons. The molecule has 0 bridgehead atoms. The quantitative estimate of drug-likeness (QED) is 0.675. The highest BCUT2D eigenvalue weighted by Gasteiger charge is 2.27. The molecule has 0 atom stereocenters. The van der Waals surface area contributed by atoms with Gasteiger partial charge in [0, 0.05) is 28.9 Å². The average molecular weight is 466 g/mol. The van der Waals surface area contributed by atoms with E-state index in [2.05, 4.69) is 26.6 Å². The first kappa shape index (κ1) is 20.8. The fraction of sp³-hybridized carbons (Fsp3) is 0.350. The molecular formula is C20H24BrN3O3S. The number of nitrogens with one attached hydrogen (secondary N) is 2. The Kier molecular flexibility index (Phi) is 6.74. The Bertz CT molecular complexity index is 957. The fourth-order valence-electron chi connectivity index (χ4n) is 3.19. The standard InChI is InChI=1S/C20H24BrN3O3S/c1-15-8-9-17(13-19(15)28(26,27)24-10-3-2-4-11-24)22-14-20(25)23-18-7-5-6-16(21)12-18/h5-9,12-13,22H,2-4,10-11,14H2,1H3,(H,23,25). The third-order valence-corrected chi connectivity index (χ3v) is 7.22. The normalized spacial score (nSPS) is 15.2. The van der Waals surface area contributed by atoms with E-state index in [4.69, 9.17) is 0 Å².